The fourth-order valence-corrected chi connectivity index (χ4v) is 3.56. The van der Waals surface area contributed by atoms with Crippen LogP contribution < -0.4 is 0 Å². The molecule has 0 bridgehead atoms. The first-order chi connectivity index (χ1) is 11.0. The molecule has 0 radical (unpaired) electrons. The summed E-state index contributed by atoms with van der Waals surface area (Å²) in [7, 11) is 1.77. The topological polar surface area (TPSA) is 37.4 Å². The van der Waals surface area contributed by atoms with Gasteiger partial charge in [-0.05, 0) is 29.3 Å². The van der Waals surface area contributed by atoms with E-state index in [9.17, 15) is 9.59 Å². The molecule has 5 heteroatoms. The number of aldehydes is 1. The van der Waals surface area contributed by atoms with E-state index in [1.165, 1.54) is 0 Å². The largest absolute Gasteiger partial charge is 0.334 e. The van der Waals surface area contributed by atoms with E-state index in [-0.39, 0.29) is 17.9 Å². The predicted octanol–water partition coefficient (Wildman–Crippen LogP) is 4.49. The molecule has 0 fully saturated rings. The van der Waals surface area contributed by atoms with Crippen LogP contribution >= 0.6 is 23.2 Å². The number of hydrogen-bond acceptors (Lipinski definition) is 2. The summed E-state index contributed by atoms with van der Waals surface area (Å²) in [4.78, 5) is 25.4. The number of likely N-dealkylation sites (N-methyl/N-ethyl adjacent to an activating group) is 1. The first-order valence-electron chi connectivity index (χ1n) is 7.29. The molecule has 0 spiro atoms. The van der Waals surface area contributed by atoms with Gasteiger partial charge in [-0.15, -0.1) is 0 Å². The van der Waals surface area contributed by atoms with Gasteiger partial charge in [-0.25, -0.2) is 0 Å². The van der Waals surface area contributed by atoms with Gasteiger partial charge in [0, 0.05) is 24.9 Å². The summed E-state index contributed by atoms with van der Waals surface area (Å²) in [6.45, 7) is 0. The van der Waals surface area contributed by atoms with E-state index in [2.05, 4.69) is 0 Å². The molecule has 118 valence electrons. The van der Waals surface area contributed by atoms with Crippen LogP contribution in [0.2, 0.25) is 10.0 Å². The zero-order chi connectivity index (χ0) is 16.6. The Hall–Kier alpha value is -1.84. The normalized spacial score (nSPS) is 18.0. The van der Waals surface area contributed by atoms with Crippen molar-refractivity contribution in [3.63, 3.8) is 0 Å². The monoisotopic (exact) mass is 347 g/mol. The van der Waals surface area contributed by atoms with Crippen molar-refractivity contribution < 1.29 is 9.59 Å². The molecule has 0 aliphatic carbocycles. The van der Waals surface area contributed by atoms with E-state index in [1.807, 2.05) is 30.3 Å². The average molecular weight is 348 g/mol. The highest BCUT2D eigenvalue weighted by Gasteiger charge is 2.39. The van der Waals surface area contributed by atoms with E-state index >= 15 is 0 Å². The molecular formula is C18H15Cl2NO2. The maximum absolute atomic E-state index is 12.5. The van der Waals surface area contributed by atoms with Crippen LogP contribution in [0.5, 0.6) is 0 Å². The van der Waals surface area contributed by atoms with Crippen LogP contribution in [0.3, 0.4) is 0 Å². The minimum atomic E-state index is -0.193. The molecule has 1 aliphatic heterocycles. The Morgan fingerprint density at radius 2 is 1.91 bits per heavy atom. The molecule has 3 rings (SSSR count). The van der Waals surface area contributed by atoms with E-state index in [4.69, 9.17) is 23.2 Å². The molecule has 1 aliphatic rings. The number of halogens is 2. The Morgan fingerprint density at radius 1 is 1.17 bits per heavy atom. The van der Waals surface area contributed by atoms with Gasteiger partial charge in [-0.1, -0.05) is 47.5 Å². The molecule has 2 aromatic carbocycles. The maximum atomic E-state index is 12.5. The quantitative estimate of drug-likeness (QED) is 0.764. The third-order valence-electron chi connectivity index (χ3n) is 4.35. The zero-order valence-electron chi connectivity index (χ0n) is 12.5. The molecule has 2 aromatic rings. The molecule has 3 nitrogen and oxygen atoms in total. The van der Waals surface area contributed by atoms with Crippen molar-refractivity contribution in [2.24, 2.45) is 0 Å². The second-order valence-corrected chi connectivity index (χ2v) is 6.44. The predicted molar refractivity (Wildman–Crippen MR) is 91.2 cm³/mol. The van der Waals surface area contributed by atoms with Crippen molar-refractivity contribution in [1.82, 2.24) is 4.90 Å². The second kappa shape index (κ2) is 6.34. The fraction of sp³-hybridized carbons (Fsp3) is 0.222. The summed E-state index contributed by atoms with van der Waals surface area (Å²) < 4.78 is 0. The van der Waals surface area contributed by atoms with Gasteiger partial charge in [0.15, 0.2) is 0 Å². The van der Waals surface area contributed by atoms with Crippen LogP contribution in [0.4, 0.5) is 0 Å². The molecule has 0 saturated heterocycles. The third kappa shape index (κ3) is 2.75. The maximum Gasteiger partial charge on any atom is 0.254 e. The summed E-state index contributed by atoms with van der Waals surface area (Å²) in [5.41, 5.74) is 2.53. The first kappa shape index (κ1) is 16.0. The molecule has 0 aromatic heterocycles. The van der Waals surface area contributed by atoms with E-state index in [0.717, 1.165) is 17.4 Å². The van der Waals surface area contributed by atoms with Crippen molar-refractivity contribution in [2.75, 3.05) is 7.05 Å². The lowest BCUT2D eigenvalue weighted by Crippen LogP contribution is -2.28. The van der Waals surface area contributed by atoms with Crippen LogP contribution in [0, 0.1) is 0 Å². The fourth-order valence-electron chi connectivity index (χ4n) is 3.26. The van der Waals surface area contributed by atoms with Gasteiger partial charge in [-0.3, -0.25) is 4.79 Å². The third-order valence-corrected chi connectivity index (χ3v) is 5.09. The van der Waals surface area contributed by atoms with Crippen molar-refractivity contribution in [3.05, 3.63) is 69.2 Å². The lowest BCUT2D eigenvalue weighted by atomic mass is 9.85. The number of nitrogens with zero attached hydrogens (tertiary/aromatic N) is 1. The van der Waals surface area contributed by atoms with Crippen LogP contribution in [0.25, 0.3) is 0 Å². The van der Waals surface area contributed by atoms with Gasteiger partial charge in [0.2, 0.25) is 0 Å². The smallest absolute Gasteiger partial charge is 0.254 e. The van der Waals surface area contributed by atoms with E-state index < -0.39 is 0 Å². The van der Waals surface area contributed by atoms with Crippen LogP contribution in [-0.2, 0) is 4.79 Å². The SMILES string of the molecule is CN1C(=O)c2ccccc2[C@H]1[C@@H](CC=O)c1ccc(Cl)c(Cl)c1. The minimum absolute atomic E-state index is 0.0263. The van der Waals surface area contributed by atoms with Gasteiger partial charge < -0.3 is 9.69 Å². The summed E-state index contributed by atoms with van der Waals surface area (Å²) in [5, 5.41) is 0.914. The molecular weight excluding hydrogens is 333 g/mol. The van der Waals surface area contributed by atoms with Crippen LogP contribution in [0.1, 0.15) is 39.9 Å². The van der Waals surface area contributed by atoms with Crippen LogP contribution in [0.15, 0.2) is 42.5 Å². The average Bonchev–Trinajstić information content (AvgIpc) is 2.80. The number of amides is 1. The highest BCUT2D eigenvalue weighted by Crippen LogP contribution is 2.44. The van der Waals surface area contributed by atoms with Crippen molar-refractivity contribution in [2.45, 2.75) is 18.4 Å². The molecule has 0 N–H and O–H groups in total. The van der Waals surface area contributed by atoms with E-state index in [0.29, 0.717) is 22.0 Å². The number of benzene rings is 2. The van der Waals surface area contributed by atoms with Gasteiger partial charge in [0.05, 0.1) is 16.1 Å². The minimum Gasteiger partial charge on any atom is -0.334 e. The number of rotatable bonds is 4. The Bertz CT molecular complexity index is 775. The number of carbonyl (C=O) groups excluding carboxylic acids is 2. The molecule has 1 amide bonds. The Balaban J connectivity index is 2.09. The molecule has 1 heterocycles. The van der Waals surface area contributed by atoms with Gasteiger partial charge in [-0.2, -0.15) is 0 Å². The first-order valence-corrected chi connectivity index (χ1v) is 8.05. The summed E-state index contributed by atoms with van der Waals surface area (Å²) in [6, 6.07) is 12.7. The number of hydrogen-bond donors (Lipinski definition) is 0. The second-order valence-electron chi connectivity index (χ2n) is 5.63. The molecule has 2 atom stereocenters. The summed E-state index contributed by atoms with van der Waals surface area (Å²) in [6.07, 6.45) is 1.18. The number of fused-ring (bicyclic) bond motifs is 1. The summed E-state index contributed by atoms with van der Waals surface area (Å²) >= 11 is 12.1. The summed E-state index contributed by atoms with van der Waals surface area (Å²) in [5.74, 6) is -0.193. The van der Waals surface area contributed by atoms with Crippen molar-refractivity contribution in [3.8, 4) is 0 Å². The van der Waals surface area contributed by atoms with Crippen molar-refractivity contribution in [1.29, 1.82) is 0 Å². The Morgan fingerprint density at radius 3 is 2.61 bits per heavy atom. The standard InChI is InChI=1S/C18H15Cl2NO2/c1-21-17(13-4-2-3-5-14(13)18(21)23)12(8-9-22)11-6-7-15(19)16(20)10-11/h2-7,9-10,12,17H,8H2,1H3/t12-,17+/m0/s1. The number of carbonyl (C=O) groups is 2. The van der Waals surface area contributed by atoms with Crippen molar-refractivity contribution >= 4 is 35.4 Å². The van der Waals surface area contributed by atoms with Gasteiger partial charge in [0.1, 0.15) is 6.29 Å². The highest BCUT2D eigenvalue weighted by atomic mass is 35.5. The lowest BCUT2D eigenvalue weighted by molar-refractivity contribution is -0.108. The lowest BCUT2D eigenvalue weighted by Gasteiger charge is -2.29. The van der Waals surface area contributed by atoms with Gasteiger partial charge in [0.25, 0.3) is 5.91 Å². The zero-order valence-corrected chi connectivity index (χ0v) is 14.0. The molecule has 0 saturated carbocycles. The van der Waals surface area contributed by atoms with Crippen LogP contribution in [-0.4, -0.2) is 24.1 Å². The van der Waals surface area contributed by atoms with Gasteiger partial charge >= 0.3 is 0 Å². The van der Waals surface area contributed by atoms with E-state index in [1.54, 1.807) is 24.1 Å². The molecule has 23 heavy (non-hydrogen) atoms. The Labute approximate surface area is 144 Å². The highest BCUT2D eigenvalue weighted by molar-refractivity contribution is 6.42. The molecule has 0 unspecified atom stereocenters. The Kier molecular flexibility index (Phi) is 4.42.